The second-order valence-electron chi connectivity index (χ2n) is 24.8. The van der Waals surface area contributed by atoms with Gasteiger partial charge in [0.05, 0.1) is 32.8 Å². The number of carbonyl (C=O) groups excluding carboxylic acids is 4. The molecule has 17 nitrogen and oxygen atoms in total. The van der Waals surface area contributed by atoms with Gasteiger partial charge in [0.15, 0.2) is 12.2 Å². The summed E-state index contributed by atoms with van der Waals surface area (Å²) in [5, 5.41) is 10.6. The van der Waals surface area contributed by atoms with Crippen LogP contribution in [0.2, 0.25) is 0 Å². The molecule has 0 heterocycles. The van der Waals surface area contributed by atoms with Crippen molar-refractivity contribution in [2.24, 2.45) is 0 Å². The zero-order chi connectivity index (χ0) is 74.6. The number of phosphoric ester groups is 2. The number of allylic oxidation sites excluding steroid dienone is 27. The smallest absolute Gasteiger partial charge is 0.462 e. The summed E-state index contributed by atoms with van der Waals surface area (Å²) in [6.07, 6.45) is 86.6. The number of esters is 4. The Hall–Kier alpha value is -5.58. The first-order chi connectivity index (χ1) is 49.7. The molecule has 19 heteroatoms. The minimum absolute atomic E-state index is 0.0165. The van der Waals surface area contributed by atoms with E-state index in [1.807, 2.05) is 24.3 Å². The number of hydrogen-bond acceptors (Lipinski definition) is 15. The van der Waals surface area contributed by atoms with Crippen molar-refractivity contribution in [1.29, 1.82) is 0 Å². The highest BCUT2D eigenvalue weighted by atomic mass is 31.2. The lowest BCUT2D eigenvalue weighted by Gasteiger charge is -2.21. The molecule has 0 saturated heterocycles. The van der Waals surface area contributed by atoms with Crippen LogP contribution in [-0.2, 0) is 65.4 Å². The van der Waals surface area contributed by atoms with Crippen LogP contribution in [0.25, 0.3) is 0 Å². The van der Waals surface area contributed by atoms with E-state index in [1.54, 1.807) is 6.08 Å². The molecule has 0 amide bonds. The van der Waals surface area contributed by atoms with E-state index in [0.29, 0.717) is 32.1 Å². The number of phosphoric acid groups is 2. The van der Waals surface area contributed by atoms with Gasteiger partial charge in [-0.15, -0.1) is 0 Å². The molecule has 0 radical (unpaired) electrons. The maximum Gasteiger partial charge on any atom is 0.472 e. The van der Waals surface area contributed by atoms with Crippen LogP contribution in [0.15, 0.2) is 170 Å². The fourth-order valence-corrected chi connectivity index (χ4v) is 11.0. The van der Waals surface area contributed by atoms with Crippen molar-refractivity contribution in [3.63, 3.8) is 0 Å². The average Bonchev–Trinajstić information content (AvgIpc) is 0.926. The zero-order valence-electron chi connectivity index (χ0n) is 63.0. The van der Waals surface area contributed by atoms with Crippen molar-refractivity contribution in [3.05, 3.63) is 170 Å². The van der Waals surface area contributed by atoms with Gasteiger partial charge < -0.3 is 33.8 Å². The molecule has 0 aliphatic carbocycles. The number of hydrogen-bond donors (Lipinski definition) is 3. The summed E-state index contributed by atoms with van der Waals surface area (Å²) in [6.45, 7) is 4.30. The second-order valence-corrected chi connectivity index (χ2v) is 27.7. The van der Waals surface area contributed by atoms with E-state index in [2.05, 4.69) is 167 Å². The minimum atomic E-state index is -5.01. The maximum atomic E-state index is 13.1. The summed E-state index contributed by atoms with van der Waals surface area (Å²) in [7, 11) is -10.0. The maximum absolute atomic E-state index is 13.1. The van der Waals surface area contributed by atoms with Crippen molar-refractivity contribution >= 4 is 39.5 Å². The largest absolute Gasteiger partial charge is 0.472 e. The Labute approximate surface area is 616 Å². The first-order valence-corrected chi connectivity index (χ1v) is 41.4. The number of unbranched alkanes of at least 4 members (excludes halogenated alkanes) is 17. The van der Waals surface area contributed by atoms with E-state index in [0.717, 1.165) is 148 Å². The SMILES string of the molecule is CC/C=C\C/C=C\C/C=C\C/C=C\C/C=C\CC(=O)OCC(COP(=O)(O)OCC(O)COP(=O)(O)OCC(COC(=O)CCCCCC/C=C\C/C=C\C/C=C\C/C=C\CC)OC(=O)CCCCCCC/C=C\CCCCCCCC)OC(=O)CCCC/C=C\C/C=C\C/C=C\C/C=C\CC. The molecule has 578 valence electrons. The van der Waals surface area contributed by atoms with Gasteiger partial charge in [0, 0.05) is 19.3 Å². The molecule has 0 aliphatic heterocycles. The highest BCUT2D eigenvalue weighted by Gasteiger charge is 2.30. The van der Waals surface area contributed by atoms with E-state index in [4.69, 9.17) is 37.0 Å². The molecule has 3 N–H and O–H groups in total. The van der Waals surface area contributed by atoms with Gasteiger partial charge in [-0.05, 0) is 154 Å². The summed E-state index contributed by atoms with van der Waals surface area (Å²) in [5.41, 5.74) is 0. The monoisotopic (exact) mass is 1460 g/mol. The Morgan fingerprint density at radius 1 is 0.294 bits per heavy atom. The Bertz CT molecular complexity index is 2600. The van der Waals surface area contributed by atoms with Gasteiger partial charge in [-0.25, -0.2) is 9.13 Å². The lowest BCUT2D eigenvalue weighted by Crippen LogP contribution is -2.30. The number of ether oxygens (including phenoxy) is 4. The van der Waals surface area contributed by atoms with Crippen molar-refractivity contribution in [1.82, 2.24) is 0 Å². The van der Waals surface area contributed by atoms with Crippen LogP contribution in [0.4, 0.5) is 0 Å². The van der Waals surface area contributed by atoms with E-state index in [1.165, 1.54) is 38.5 Å². The van der Waals surface area contributed by atoms with E-state index in [9.17, 15) is 43.2 Å². The minimum Gasteiger partial charge on any atom is -0.462 e. The molecule has 0 aromatic heterocycles. The number of carbonyl (C=O) groups is 4. The Morgan fingerprint density at radius 2 is 0.549 bits per heavy atom. The van der Waals surface area contributed by atoms with Gasteiger partial charge in [0.2, 0.25) is 0 Å². The normalized spacial score (nSPS) is 14.9. The van der Waals surface area contributed by atoms with Gasteiger partial charge in [0.25, 0.3) is 0 Å². The molecular formula is C83H134O17P2. The predicted octanol–water partition coefficient (Wildman–Crippen LogP) is 22.2. The summed E-state index contributed by atoms with van der Waals surface area (Å²) < 4.78 is 68.3. The molecule has 0 spiro atoms. The molecule has 0 saturated carbocycles. The first kappa shape index (κ1) is 96.4. The van der Waals surface area contributed by atoms with Crippen LogP contribution in [0.1, 0.15) is 272 Å². The van der Waals surface area contributed by atoms with Crippen molar-refractivity contribution in [2.75, 3.05) is 39.6 Å². The fraction of sp³-hybridized carbons (Fsp3) is 0.614. The van der Waals surface area contributed by atoms with E-state index >= 15 is 0 Å². The molecule has 5 atom stereocenters. The molecule has 0 aliphatic rings. The number of rotatable bonds is 70. The van der Waals surface area contributed by atoms with Crippen molar-refractivity contribution in [3.8, 4) is 0 Å². The first-order valence-electron chi connectivity index (χ1n) is 38.4. The van der Waals surface area contributed by atoms with Gasteiger partial charge in [-0.2, -0.15) is 0 Å². The standard InChI is InChI=1S/C83H134O17P2/c1-5-9-13-17-21-25-29-33-37-38-42-44-48-52-56-60-64-68-81(86)94-74-79(100-83(88)70-66-62-58-54-50-46-41-36-32-28-24-20-16-12-8-4)76-98-102(91,92)96-72-77(84)71-95-101(89,90)97-75-78(99-82(87)69-65-61-57-53-49-45-40-35-31-27-23-19-15-11-7-3)73-93-80(85)67-63-59-55-51-47-43-39-34-30-26-22-18-14-10-6-2/h9-11,13-15,21-23,25-27,33-37,39-42,44,47,49,51,53,59,63,77-79,84H,5-8,12,16-20,24,28-32,38,43,45-46,48,50,52,54-58,60-62,64-76H2,1-4H3,(H,89,90)(H,91,92)/b13-9-,14-10-,15-11-,25-21-,26-22-,27-23-,37-33-,39-34-,40-35-,41-36-,44-42-,51-47-,53-49-,63-59-. The molecule has 0 rings (SSSR count). The summed E-state index contributed by atoms with van der Waals surface area (Å²) in [5.74, 6) is -2.42. The second kappa shape index (κ2) is 73.7. The van der Waals surface area contributed by atoms with Crippen molar-refractivity contribution < 1.29 is 80.2 Å². The van der Waals surface area contributed by atoms with E-state index < -0.39 is 97.5 Å². The molecule has 0 aromatic rings. The summed E-state index contributed by atoms with van der Waals surface area (Å²) in [4.78, 5) is 72.8. The third-order valence-electron chi connectivity index (χ3n) is 15.2. The van der Waals surface area contributed by atoms with Crippen molar-refractivity contribution in [2.45, 2.75) is 290 Å². The zero-order valence-corrected chi connectivity index (χ0v) is 64.8. The third kappa shape index (κ3) is 72.8. The summed E-state index contributed by atoms with van der Waals surface area (Å²) in [6, 6.07) is 0. The van der Waals surface area contributed by atoms with Gasteiger partial charge in [0.1, 0.15) is 19.3 Å². The number of aliphatic hydroxyl groups excluding tert-OH is 1. The van der Waals surface area contributed by atoms with E-state index in [-0.39, 0.29) is 25.7 Å². The average molecular weight is 1470 g/mol. The lowest BCUT2D eigenvalue weighted by atomic mass is 10.1. The molecule has 0 aromatic carbocycles. The molecule has 102 heavy (non-hydrogen) atoms. The van der Waals surface area contributed by atoms with Gasteiger partial charge in [-0.3, -0.25) is 37.3 Å². The molecule has 0 fully saturated rings. The van der Waals surface area contributed by atoms with Crippen LogP contribution < -0.4 is 0 Å². The van der Waals surface area contributed by atoms with Crippen LogP contribution in [0, 0.1) is 0 Å². The Balaban J connectivity index is 5.50. The molecule has 0 bridgehead atoms. The van der Waals surface area contributed by atoms with Gasteiger partial charge in [-0.1, -0.05) is 262 Å². The highest BCUT2D eigenvalue weighted by molar-refractivity contribution is 7.47. The van der Waals surface area contributed by atoms with Crippen LogP contribution in [-0.4, -0.2) is 96.7 Å². The number of aliphatic hydroxyl groups is 1. The highest BCUT2D eigenvalue weighted by Crippen LogP contribution is 2.45. The quantitative estimate of drug-likeness (QED) is 0.0169. The molecular weight excluding hydrogens is 1330 g/mol. The lowest BCUT2D eigenvalue weighted by molar-refractivity contribution is -0.161. The summed E-state index contributed by atoms with van der Waals surface area (Å²) >= 11 is 0. The van der Waals surface area contributed by atoms with Gasteiger partial charge >= 0.3 is 39.5 Å². The third-order valence-corrected chi connectivity index (χ3v) is 17.1. The Kier molecular flexibility index (Phi) is 69.7. The molecule has 5 unspecified atom stereocenters. The van der Waals surface area contributed by atoms with Crippen LogP contribution in [0.3, 0.4) is 0 Å². The van der Waals surface area contributed by atoms with Crippen LogP contribution in [0.5, 0.6) is 0 Å². The predicted molar refractivity (Wildman–Crippen MR) is 417 cm³/mol. The Morgan fingerprint density at radius 3 is 0.902 bits per heavy atom. The topological polar surface area (TPSA) is 237 Å². The fourth-order valence-electron chi connectivity index (χ4n) is 9.44. The van der Waals surface area contributed by atoms with Crippen LogP contribution >= 0.6 is 15.6 Å².